The Kier molecular flexibility index (Phi) is 6.59. The van der Waals surface area contributed by atoms with Crippen molar-refractivity contribution < 1.29 is 4.79 Å². The summed E-state index contributed by atoms with van der Waals surface area (Å²) in [6.07, 6.45) is 1.42. The summed E-state index contributed by atoms with van der Waals surface area (Å²) in [6, 6.07) is 8.88. The van der Waals surface area contributed by atoms with Crippen LogP contribution in [0.1, 0.15) is 6.92 Å². The number of aromatic nitrogens is 4. The van der Waals surface area contributed by atoms with Gasteiger partial charge in [-0.3, -0.25) is 4.79 Å². The Labute approximate surface area is 175 Å². The molecule has 0 aliphatic heterocycles. The monoisotopic (exact) mass is 441 g/mol. The third-order valence-electron chi connectivity index (χ3n) is 3.53. The topological polar surface area (TPSA) is 72.7 Å². The van der Waals surface area contributed by atoms with E-state index < -0.39 is 0 Å². The molecule has 2 heterocycles. The number of pyridine rings is 1. The fourth-order valence-corrected chi connectivity index (χ4v) is 3.65. The van der Waals surface area contributed by atoms with Crippen molar-refractivity contribution in [3.63, 3.8) is 0 Å². The van der Waals surface area contributed by atoms with Gasteiger partial charge in [0.05, 0.1) is 15.8 Å². The fourth-order valence-electron chi connectivity index (χ4n) is 2.30. The number of hydrogen-bond donors (Lipinski definition) is 1. The predicted octanol–water partition coefficient (Wildman–Crippen LogP) is 5.05. The Morgan fingerprint density at radius 1 is 1.15 bits per heavy atom. The standard InChI is InChI=1S/C17H14Cl3N5OS/c1-2-25-16(10-3-5-11(18)6-4-10)23-24-17(25)27-9-14(26)22-15-13(20)7-12(19)8-21-15/h3-8H,2,9H2,1H3,(H,21,22,26). The molecule has 0 aliphatic rings. The second-order valence-corrected chi connectivity index (χ2v) is 7.60. The van der Waals surface area contributed by atoms with E-state index in [1.165, 1.54) is 24.0 Å². The van der Waals surface area contributed by atoms with E-state index >= 15 is 0 Å². The van der Waals surface area contributed by atoms with Crippen molar-refractivity contribution in [3.8, 4) is 11.4 Å². The van der Waals surface area contributed by atoms with Crippen molar-refractivity contribution in [3.05, 3.63) is 51.6 Å². The summed E-state index contributed by atoms with van der Waals surface area (Å²) in [5.41, 5.74) is 0.905. The second kappa shape index (κ2) is 8.93. The summed E-state index contributed by atoms with van der Waals surface area (Å²) < 4.78 is 1.94. The maximum absolute atomic E-state index is 12.2. The zero-order valence-corrected chi connectivity index (χ0v) is 17.2. The third kappa shape index (κ3) is 4.93. The zero-order chi connectivity index (χ0) is 19.4. The molecule has 3 aromatic rings. The highest BCUT2D eigenvalue weighted by Crippen LogP contribution is 2.26. The summed E-state index contributed by atoms with van der Waals surface area (Å²) in [6.45, 7) is 2.66. The van der Waals surface area contributed by atoms with E-state index in [4.69, 9.17) is 34.8 Å². The lowest BCUT2D eigenvalue weighted by Gasteiger charge is -2.08. The molecule has 1 amide bonds. The van der Waals surface area contributed by atoms with Crippen molar-refractivity contribution in [2.45, 2.75) is 18.6 Å². The molecule has 0 atom stereocenters. The van der Waals surface area contributed by atoms with Crippen LogP contribution in [0.15, 0.2) is 41.7 Å². The minimum absolute atomic E-state index is 0.138. The molecule has 140 valence electrons. The average Bonchev–Trinajstić information content (AvgIpc) is 3.06. The molecule has 0 aliphatic carbocycles. The number of benzene rings is 1. The van der Waals surface area contributed by atoms with Crippen LogP contribution in [0.5, 0.6) is 0 Å². The van der Waals surface area contributed by atoms with Gasteiger partial charge in [0.25, 0.3) is 0 Å². The Balaban J connectivity index is 1.69. The van der Waals surface area contributed by atoms with Crippen LogP contribution in [0.4, 0.5) is 5.82 Å². The van der Waals surface area contributed by atoms with Crippen LogP contribution in [-0.2, 0) is 11.3 Å². The molecule has 0 radical (unpaired) electrons. The summed E-state index contributed by atoms with van der Waals surface area (Å²) in [5, 5.41) is 13.1. The van der Waals surface area contributed by atoms with E-state index in [0.717, 1.165) is 11.4 Å². The van der Waals surface area contributed by atoms with Gasteiger partial charge in [0.1, 0.15) is 0 Å². The zero-order valence-electron chi connectivity index (χ0n) is 14.1. The molecule has 0 saturated carbocycles. The maximum Gasteiger partial charge on any atom is 0.236 e. The van der Waals surface area contributed by atoms with Crippen molar-refractivity contribution in [2.75, 3.05) is 11.1 Å². The Morgan fingerprint density at radius 3 is 2.56 bits per heavy atom. The molecule has 0 fully saturated rings. The van der Waals surface area contributed by atoms with Gasteiger partial charge in [-0.25, -0.2) is 4.98 Å². The average molecular weight is 443 g/mol. The van der Waals surface area contributed by atoms with Gasteiger partial charge in [-0.15, -0.1) is 10.2 Å². The van der Waals surface area contributed by atoms with Gasteiger partial charge in [0.15, 0.2) is 16.8 Å². The second-order valence-electron chi connectivity index (χ2n) is 5.38. The molecular formula is C17H14Cl3N5OS. The SMILES string of the molecule is CCn1c(SCC(=O)Nc2ncc(Cl)cc2Cl)nnc1-c1ccc(Cl)cc1. The van der Waals surface area contributed by atoms with Gasteiger partial charge in [-0.1, -0.05) is 46.6 Å². The number of nitrogens with one attached hydrogen (secondary N) is 1. The van der Waals surface area contributed by atoms with Crippen molar-refractivity contribution >= 4 is 58.3 Å². The van der Waals surface area contributed by atoms with Gasteiger partial charge in [0.2, 0.25) is 5.91 Å². The summed E-state index contributed by atoms with van der Waals surface area (Å²) >= 11 is 19.0. The first-order valence-electron chi connectivity index (χ1n) is 7.90. The Bertz CT molecular complexity index is 962. The predicted molar refractivity (Wildman–Crippen MR) is 110 cm³/mol. The highest BCUT2D eigenvalue weighted by atomic mass is 35.5. The van der Waals surface area contributed by atoms with E-state index in [-0.39, 0.29) is 22.5 Å². The molecule has 0 spiro atoms. The van der Waals surface area contributed by atoms with E-state index in [1.54, 1.807) is 12.1 Å². The molecule has 0 saturated heterocycles. The first-order chi connectivity index (χ1) is 13.0. The molecule has 0 bridgehead atoms. The Hall–Kier alpha value is -1.80. The van der Waals surface area contributed by atoms with Crippen LogP contribution >= 0.6 is 46.6 Å². The first kappa shape index (κ1) is 19.9. The van der Waals surface area contributed by atoms with E-state index in [0.29, 0.717) is 21.7 Å². The minimum Gasteiger partial charge on any atom is -0.309 e. The van der Waals surface area contributed by atoms with Gasteiger partial charge < -0.3 is 9.88 Å². The summed E-state index contributed by atoms with van der Waals surface area (Å²) in [7, 11) is 0. The quantitative estimate of drug-likeness (QED) is 0.541. The van der Waals surface area contributed by atoms with Crippen molar-refractivity contribution in [2.24, 2.45) is 0 Å². The number of amides is 1. The molecule has 3 rings (SSSR count). The number of thioether (sulfide) groups is 1. The van der Waals surface area contributed by atoms with Gasteiger partial charge in [0, 0.05) is 23.3 Å². The molecule has 27 heavy (non-hydrogen) atoms. The minimum atomic E-state index is -0.254. The lowest BCUT2D eigenvalue weighted by molar-refractivity contribution is -0.113. The molecule has 0 unspecified atom stereocenters. The number of halogens is 3. The molecule has 10 heteroatoms. The smallest absolute Gasteiger partial charge is 0.236 e. The van der Waals surface area contributed by atoms with Crippen LogP contribution in [0.2, 0.25) is 15.1 Å². The highest BCUT2D eigenvalue weighted by Gasteiger charge is 2.15. The molecule has 1 N–H and O–H groups in total. The lowest BCUT2D eigenvalue weighted by atomic mass is 10.2. The van der Waals surface area contributed by atoms with Crippen molar-refractivity contribution in [1.82, 2.24) is 19.7 Å². The molecule has 2 aromatic heterocycles. The summed E-state index contributed by atoms with van der Waals surface area (Å²) in [4.78, 5) is 16.2. The van der Waals surface area contributed by atoms with E-state index in [9.17, 15) is 4.79 Å². The van der Waals surface area contributed by atoms with Crippen LogP contribution < -0.4 is 5.32 Å². The molecule has 6 nitrogen and oxygen atoms in total. The van der Waals surface area contributed by atoms with Crippen molar-refractivity contribution in [1.29, 1.82) is 0 Å². The molecular weight excluding hydrogens is 429 g/mol. The summed E-state index contributed by atoms with van der Waals surface area (Å²) in [5.74, 6) is 0.875. The van der Waals surface area contributed by atoms with Crippen LogP contribution in [0, 0.1) is 0 Å². The Morgan fingerprint density at radius 2 is 1.89 bits per heavy atom. The highest BCUT2D eigenvalue weighted by molar-refractivity contribution is 7.99. The lowest BCUT2D eigenvalue weighted by Crippen LogP contribution is -2.16. The number of carbonyl (C=O) groups excluding carboxylic acids is 1. The number of hydrogen-bond acceptors (Lipinski definition) is 5. The van der Waals surface area contributed by atoms with E-state index in [2.05, 4.69) is 20.5 Å². The van der Waals surface area contributed by atoms with Gasteiger partial charge >= 0.3 is 0 Å². The van der Waals surface area contributed by atoms with Gasteiger partial charge in [-0.05, 0) is 37.3 Å². The van der Waals surface area contributed by atoms with E-state index in [1.807, 2.05) is 23.6 Å². The maximum atomic E-state index is 12.2. The fraction of sp³-hybridized carbons (Fsp3) is 0.176. The van der Waals surface area contributed by atoms with Crippen LogP contribution in [0.3, 0.4) is 0 Å². The number of nitrogens with zero attached hydrogens (tertiary/aromatic N) is 4. The van der Waals surface area contributed by atoms with Crippen LogP contribution in [-0.4, -0.2) is 31.4 Å². The number of carbonyl (C=O) groups is 1. The normalized spacial score (nSPS) is 10.8. The number of rotatable bonds is 6. The third-order valence-corrected chi connectivity index (χ3v) is 5.25. The number of anilines is 1. The first-order valence-corrected chi connectivity index (χ1v) is 10.0. The van der Waals surface area contributed by atoms with Gasteiger partial charge in [-0.2, -0.15) is 0 Å². The largest absolute Gasteiger partial charge is 0.309 e. The molecule has 1 aromatic carbocycles. The van der Waals surface area contributed by atoms with Crippen LogP contribution in [0.25, 0.3) is 11.4 Å².